The van der Waals surface area contributed by atoms with Crippen LogP contribution in [0.4, 0.5) is 0 Å². The molecule has 0 radical (unpaired) electrons. The minimum atomic E-state index is -0.300. The maximum Gasteiger partial charge on any atom is 0.168 e. The topological polar surface area (TPSA) is 54.4 Å². The van der Waals surface area contributed by atoms with Gasteiger partial charge in [-0.15, -0.1) is 0 Å². The van der Waals surface area contributed by atoms with Crippen molar-refractivity contribution in [2.24, 2.45) is 34.5 Å². The molecule has 0 amide bonds. The summed E-state index contributed by atoms with van der Waals surface area (Å²) in [6, 6.07) is 0. The highest BCUT2D eigenvalue weighted by Crippen LogP contribution is 2.67. The van der Waals surface area contributed by atoms with Gasteiger partial charge in [0.15, 0.2) is 11.6 Å². The molecule has 0 heterocycles. The molecule has 0 aliphatic heterocycles. The predicted molar refractivity (Wildman–Crippen MR) is 105 cm³/mol. The fourth-order valence-corrected chi connectivity index (χ4v) is 8.44. The van der Waals surface area contributed by atoms with E-state index in [0.29, 0.717) is 30.0 Å². The molecule has 0 aromatic rings. The molecule has 0 aromatic heterocycles. The molecule has 25 heavy (non-hydrogen) atoms. The SMILES string of the molecule is C[C@]12CC[C@H]3[C@@H](CCC4=C(I)C(=O)CC[C@@]43C)[C@@H]1CC[C@@H]2C(=O)CO. The van der Waals surface area contributed by atoms with Crippen molar-refractivity contribution in [2.75, 3.05) is 6.61 Å². The summed E-state index contributed by atoms with van der Waals surface area (Å²) >= 11 is 2.30. The third-order valence-electron chi connectivity index (χ3n) is 8.60. The van der Waals surface area contributed by atoms with Crippen molar-refractivity contribution in [1.82, 2.24) is 0 Å². The lowest BCUT2D eigenvalue weighted by Gasteiger charge is -2.58. The van der Waals surface area contributed by atoms with Gasteiger partial charge in [0.2, 0.25) is 0 Å². The first-order chi connectivity index (χ1) is 11.8. The number of fused-ring (bicyclic) bond motifs is 5. The van der Waals surface area contributed by atoms with Gasteiger partial charge in [-0.2, -0.15) is 0 Å². The Kier molecular flexibility index (Phi) is 4.46. The van der Waals surface area contributed by atoms with Gasteiger partial charge in [-0.05, 0) is 102 Å². The van der Waals surface area contributed by atoms with Gasteiger partial charge < -0.3 is 5.11 Å². The number of rotatable bonds is 2. The minimum Gasteiger partial charge on any atom is -0.389 e. The van der Waals surface area contributed by atoms with Gasteiger partial charge in [0, 0.05) is 12.3 Å². The molecule has 4 aliphatic rings. The second-order valence-corrected chi connectivity index (χ2v) is 10.4. The molecule has 0 bridgehead atoms. The number of halogens is 1. The third-order valence-corrected chi connectivity index (χ3v) is 9.85. The summed E-state index contributed by atoms with van der Waals surface area (Å²) in [6.45, 7) is 4.44. The fourth-order valence-electron chi connectivity index (χ4n) is 7.29. The minimum absolute atomic E-state index is 0.0567. The van der Waals surface area contributed by atoms with Gasteiger partial charge in [-0.3, -0.25) is 9.59 Å². The van der Waals surface area contributed by atoms with E-state index in [-0.39, 0.29) is 29.1 Å². The smallest absolute Gasteiger partial charge is 0.168 e. The fraction of sp³-hybridized carbons (Fsp3) is 0.810. The van der Waals surface area contributed by atoms with E-state index in [1.165, 1.54) is 18.4 Å². The molecule has 3 fully saturated rings. The Bertz CT molecular complexity index is 654. The normalized spacial score (nSPS) is 46.5. The Balaban J connectivity index is 1.67. The highest BCUT2D eigenvalue weighted by molar-refractivity contribution is 14.1. The first-order valence-electron chi connectivity index (χ1n) is 9.89. The zero-order chi connectivity index (χ0) is 18.0. The predicted octanol–water partition coefficient (Wildman–Crippen LogP) is 4.46. The molecule has 0 saturated heterocycles. The summed E-state index contributed by atoms with van der Waals surface area (Å²) in [5.41, 5.74) is 1.71. The van der Waals surface area contributed by atoms with E-state index in [1.807, 2.05) is 0 Å². The second kappa shape index (κ2) is 6.15. The van der Waals surface area contributed by atoms with Crippen LogP contribution in [-0.2, 0) is 9.59 Å². The summed E-state index contributed by atoms with van der Waals surface area (Å²) in [7, 11) is 0. The molecule has 138 valence electrons. The van der Waals surface area contributed by atoms with Gasteiger partial charge >= 0.3 is 0 Å². The van der Waals surface area contributed by atoms with Crippen LogP contribution in [0.25, 0.3) is 0 Å². The van der Waals surface area contributed by atoms with Gasteiger partial charge in [-0.25, -0.2) is 0 Å². The Labute approximate surface area is 164 Å². The lowest BCUT2D eigenvalue weighted by atomic mass is 9.46. The summed E-state index contributed by atoms with van der Waals surface area (Å²) in [5, 5.41) is 9.39. The third kappa shape index (κ3) is 2.45. The zero-order valence-corrected chi connectivity index (χ0v) is 17.5. The van der Waals surface area contributed by atoms with E-state index in [4.69, 9.17) is 0 Å². The average molecular weight is 456 g/mol. The molecule has 6 atom stereocenters. The van der Waals surface area contributed by atoms with Crippen LogP contribution in [0.15, 0.2) is 9.15 Å². The van der Waals surface area contributed by atoms with Crippen molar-refractivity contribution in [3.8, 4) is 0 Å². The number of ketones is 2. The van der Waals surface area contributed by atoms with E-state index in [1.54, 1.807) is 0 Å². The van der Waals surface area contributed by atoms with Crippen molar-refractivity contribution in [3.63, 3.8) is 0 Å². The van der Waals surface area contributed by atoms with Crippen molar-refractivity contribution in [3.05, 3.63) is 9.15 Å². The molecule has 1 N–H and O–H groups in total. The van der Waals surface area contributed by atoms with Crippen LogP contribution in [0.1, 0.15) is 65.2 Å². The first-order valence-corrected chi connectivity index (χ1v) is 11.0. The number of allylic oxidation sites excluding steroid dienone is 1. The Hall–Kier alpha value is -0.230. The van der Waals surface area contributed by atoms with E-state index < -0.39 is 0 Å². The summed E-state index contributed by atoms with van der Waals surface area (Å²) in [5.74, 6) is 2.42. The first kappa shape index (κ1) is 18.1. The van der Waals surface area contributed by atoms with Crippen molar-refractivity contribution >= 4 is 34.2 Å². The number of carbonyl (C=O) groups excluding carboxylic acids is 2. The number of hydrogen-bond donors (Lipinski definition) is 1. The van der Waals surface area contributed by atoms with Crippen LogP contribution in [0.2, 0.25) is 0 Å². The van der Waals surface area contributed by atoms with E-state index in [2.05, 4.69) is 36.4 Å². The van der Waals surface area contributed by atoms with E-state index in [0.717, 1.165) is 35.7 Å². The van der Waals surface area contributed by atoms with Crippen LogP contribution < -0.4 is 0 Å². The molecule has 4 heteroatoms. The summed E-state index contributed by atoms with van der Waals surface area (Å²) in [4.78, 5) is 24.5. The number of hydrogen-bond acceptors (Lipinski definition) is 3. The van der Waals surface area contributed by atoms with Crippen molar-refractivity contribution in [1.29, 1.82) is 0 Å². The quantitative estimate of drug-likeness (QED) is 0.625. The van der Waals surface area contributed by atoms with Crippen LogP contribution in [0, 0.1) is 34.5 Å². The zero-order valence-electron chi connectivity index (χ0n) is 15.3. The average Bonchev–Trinajstić information content (AvgIpc) is 2.95. The molecule has 4 rings (SSSR count). The van der Waals surface area contributed by atoms with Gasteiger partial charge in [0.05, 0.1) is 3.58 Å². The Morgan fingerprint density at radius 3 is 2.60 bits per heavy atom. The summed E-state index contributed by atoms with van der Waals surface area (Å²) < 4.78 is 1.03. The number of carbonyl (C=O) groups is 2. The Morgan fingerprint density at radius 1 is 1.12 bits per heavy atom. The molecule has 0 spiro atoms. The van der Waals surface area contributed by atoms with Gasteiger partial charge in [0.1, 0.15) is 6.61 Å². The molecular formula is C21H29IO3. The van der Waals surface area contributed by atoms with Crippen molar-refractivity contribution in [2.45, 2.75) is 65.2 Å². The lowest BCUT2D eigenvalue weighted by molar-refractivity contribution is -0.133. The molecule has 4 aliphatic carbocycles. The standard InChI is InChI=1S/C21H29IO3/c1-20-9-7-14-12(13(20)5-6-15(20)18(25)11-23)3-4-16-19(22)17(24)8-10-21(14,16)2/h12-15,23H,3-11H2,1-2H3/t12-,13-,14-,15+,20-,21+/m0/s1. The molecule has 3 nitrogen and oxygen atoms in total. The Morgan fingerprint density at radius 2 is 1.88 bits per heavy atom. The number of aliphatic hydroxyl groups excluding tert-OH is 1. The van der Waals surface area contributed by atoms with Crippen molar-refractivity contribution < 1.29 is 14.7 Å². The highest BCUT2D eigenvalue weighted by atomic mass is 127. The number of aliphatic hydroxyl groups is 1. The maximum atomic E-state index is 12.3. The van der Waals surface area contributed by atoms with Crippen LogP contribution in [-0.4, -0.2) is 23.3 Å². The number of Topliss-reactive ketones (excluding diaryl/α,β-unsaturated/α-hetero) is 2. The second-order valence-electron chi connectivity index (χ2n) is 9.35. The molecule has 0 aromatic carbocycles. The van der Waals surface area contributed by atoms with Crippen LogP contribution in [0.3, 0.4) is 0 Å². The molecule has 3 saturated carbocycles. The van der Waals surface area contributed by atoms with E-state index in [9.17, 15) is 14.7 Å². The largest absolute Gasteiger partial charge is 0.389 e. The van der Waals surface area contributed by atoms with Gasteiger partial charge in [-0.1, -0.05) is 13.8 Å². The maximum absolute atomic E-state index is 12.3. The monoisotopic (exact) mass is 456 g/mol. The summed E-state index contributed by atoms with van der Waals surface area (Å²) in [6.07, 6.45) is 8.32. The van der Waals surface area contributed by atoms with Gasteiger partial charge in [0.25, 0.3) is 0 Å². The molecule has 0 unspecified atom stereocenters. The lowest BCUT2D eigenvalue weighted by Crippen LogP contribution is -2.51. The highest BCUT2D eigenvalue weighted by Gasteiger charge is 2.60. The van der Waals surface area contributed by atoms with Crippen LogP contribution >= 0.6 is 22.6 Å². The molecular weight excluding hydrogens is 427 g/mol. The van der Waals surface area contributed by atoms with Crippen LogP contribution in [0.5, 0.6) is 0 Å². The van der Waals surface area contributed by atoms with E-state index >= 15 is 0 Å².